The zero-order valence-electron chi connectivity index (χ0n) is 18.5. The van der Waals surface area contributed by atoms with Crippen LogP contribution in [0.15, 0.2) is 60.8 Å². The fraction of sp³-hybridized carbons (Fsp3) is 0.192. The number of pyridine rings is 1. The lowest BCUT2D eigenvalue weighted by atomic mass is 9.83. The molecule has 0 spiro atoms. The maximum Gasteiger partial charge on any atom is 0.241 e. The number of ether oxygens (including phenoxy) is 2. The van der Waals surface area contributed by atoms with Gasteiger partial charge in [0.2, 0.25) is 11.9 Å². The summed E-state index contributed by atoms with van der Waals surface area (Å²) in [5.74, 6) is -1.07. The number of fused-ring (bicyclic) bond motifs is 2. The van der Waals surface area contributed by atoms with Crippen LogP contribution >= 0.6 is 0 Å². The molecule has 0 bridgehead atoms. The molecule has 3 N–H and O–H groups in total. The molecule has 0 fully saturated rings. The van der Waals surface area contributed by atoms with Gasteiger partial charge in [0.05, 0.1) is 19.1 Å². The van der Waals surface area contributed by atoms with E-state index in [0.29, 0.717) is 47.0 Å². The zero-order chi connectivity index (χ0) is 23.8. The van der Waals surface area contributed by atoms with Crippen molar-refractivity contribution in [1.82, 2.24) is 9.88 Å². The van der Waals surface area contributed by atoms with Crippen LogP contribution in [0.4, 0.5) is 4.39 Å². The van der Waals surface area contributed by atoms with E-state index in [0.717, 1.165) is 22.5 Å². The number of nitrogens with two attached hydrogens (primary N) is 1. The average molecular weight is 458 g/mol. The predicted octanol–water partition coefficient (Wildman–Crippen LogP) is 4.28. The lowest BCUT2D eigenvalue weighted by molar-refractivity contribution is -0.127. The Kier molecular flexibility index (Phi) is 5.59. The standard InChI is InChI=1S/C26H23FN4O3/c1-31(26(28)29)25(32)23-19-13-16(15-8-11-33-12-9-15)4-6-21(19)34-22-7-5-17(14-20(22)23)18-3-2-10-30-24(18)27/h2-8,10,13-14,23H,9,11-12H2,1H3,(H3,28,29). The van der Waals surface area contributed by atoms with E-state index in [2.05, 4.69) is 4.98 Å². The molecule has 0 saturated heterocycles. The van der Waals surface area contributed by atoms with E-state index in [-0.39, 0.29) is 11.9 Å². The lowest BCUT2D eigenvalue weighted by Crippen LogP contribution is -2.41. The smallest absolute Gasteiger partial charge is 0.241 e. The summed E-state index contributed by atoms with van der Waals surface area (Å²) in [6.07, 6.45) is 4.19. The molecule has 2 aliphatic rings. The third-order valence-electron chi connectivity index (χ3n) is 6.20. The second kappa shape index (κ2) is 8.72. The van der Waals surface area contributed by atoms with Crippen molar-refractivity contribution in [3.63, 3.8) is 0 Å². The Morgan fingerprint density at radius 1 is 1.15 bits per heavy atom. The van der Waals surface area contributed by atoms with Crippen LogP contribution < -0.4 is 10.5 Å². The number of hydrogen-bond donors (Lipinski definition) is 2. The molecule has 2 aliphatic heterocycles. The number of benzene rings is 2. The molecule has 0 radical (unpaired) electrons. The molecular weight excluding hydrogens is 435 g/mol. The molecule has 0 saturated carbocycles. The van der Waals surface area contributed by atoms with E-state index >= 15 is 0 Å². The third kappa shape index (κ3) is 3.82. The van der Waals surface area contributed by atoms with Gasteiger partial charge in [-0.2, -0.15) is 4.39 Å². The highest BCUT2D eigenvalue weighted by Gasteiger charge is 2.36. The maximum atomic E-state index is 14.4. The van der Waals surface area contributed by atoms with Crippen molar-refractivity contribution in [3.8, 4) is 22.6 Å². The Hall–Kier alpha value is -4.04. The molecule has 2 aromatic carbocycles. The van der Waals surface area contributed by atoms with Gasteiger partial charge in [-0.05, 0) is 59.5 Å². The number of nitrogens with zero attached hydrogens (tertiary/aromatic N) is 2. The fourth-order valence-electron chi connectivity index (χ4n) is 4.36. The Morgan fingerprint density at radius 2 is 1.85 bits per heavy atom. The number of hydrogen-bond acceptors (Lipinski definition) is 5. The lowest BCUT2D eigenvalue weighted by Gasteiger charge is -2.31. The summed E-state index contributed by atoms with van der Waals surface area (Å²) in [6, 6.07) is 14.3. The molecule has 5 rings (SSSR count). The SMILES string of the molecule is CN(C(=N)N)C(=O)C1c2cc(C3=CCOCC3)ccc2Oc2ccc(-c3cccnc3F)cc21. The number of rotatable bonds is 3. The van der Waals surface area contributed by atoms with E-state index < -0.39 is 11.9 Å². The number of nitrogens with one attached hydrogen (secondary N) is 1. The van der Waals surface area contributed by atoms with Crippen molar-refractivity contribution in [2.75, 3.05) is 20.3 Å². The summed E-state index contributed by atoms with van der Waals surface area (Å²) in [7, 11) is 1.47. The van der Waals surface area contributed by atoms with Gasteiger partial charge in [-0.25, -0.2) is 4.98 Å². The monoisotopic (exact) mass is 458 g/mol. The van der Waals surface area contributed by atoms with Crippen LogP contribution in [0.25, 0.3) is 16.7 Å². The quantitative estimate of drug-likeness (QED) is 0.347. The Labute approximate surface area is 196 Å². The number of guanidine groups is 1. The van der Waals surface area contributed by atoms with Gasteiger partial charge in [0.15, 0.2) is 5.96 Å². The van der Waals surface area contributed by atoms with Crippen molar-refractivity contribution in [2.45, 2.75) is 12.3 Å². The fourth-order valence-corrected chi connectivity index (χ4v) is 4.36. The van der Waals surface area contributed by atoms with Crippen LogP contribution in [0.2, 0.25) is 0 Å². The second-order valence-electron chi connectivity index (χ2n) is 8.22. The van der Waals surface area contributed by atoms with E-state index in [4.69, 9.17) is 20.6 Å². The van der Waals surface area contributed by atoms with E-state index in [9.17, 15) is 9.18 Å². The molecule has 7 nitrogen and oxygen atoms in total. The highest BCUT2D eigenvalue weighted by molar-refractivity contribution is 6.00. The van der Waals surface area contributed by atoms with Gasteiger partial charge >= 0.3 is 0 Å². The van der Waals surface area contributed by atoms with Crippen molar-refractivity contribution < 1.29 is 18.7 Å². The van der Waals surface area contributed by atoms with Crippen molar-refractivity contribution in [3.05, 3.63) is 83.4 Å². The largest absolute Gasteiger partial charge is 0.457 e. The molecule has 1 atom stereocenters. The van der Waals surface area contributed by atoms with Gasteiger partial charge in [0, 0.05) is 29.9 Å². The molecule has 1 unspecified atom stereocenters. The molecule has 8 heteroatoms. The Morgan fingerprint density at radius 3 is 2.50 bits per heavy atom. The first-order valence-corrected chi connectivity index (χ1v) is 10.9. The summed E-state index contributed by atoms with van der Waals surface area (Å²) in [4.78, 5) is 18.4. The second-order valence-corrected chi connectivity index (χ2v) is 8.22. The van der Waals surface area contributed by atoms with Gasteiger partial charge in [0.25, 0.3) is 0 Å². The molecule has 0 aliphatic carbocycles. The molecule has 172 valence electrons. The normalized spacial score (nSPS) is 16.5. The first-order valence-electron chi connectivity index (χ1n) is 10.9. The number of amides is 1. The molecule has 1 aromatic heterocycles. The van der Waals surface area contributed by atoms with Gasteiger partial charge in [0.1, 0.15) is 11.5 Å². The zero-order valence-corrected chi connectivity index (χ0v) is 18.5. The van der Waals surface area contributed by atoms with Gasteiger partial charge in [-0.3, -0.25) is 15.1 Å². The van der Waals surface area contributed by atoms with Crippen molar-refractivity contribution in [2.24, 2.45) is 5.73 Å². The third-order valence-corrected chi connectivity index (χ3v) is 6.20. The first kappa shape index (κ1) is 21.8. The molecule has 34 heavy (non-hydrogen) atoms. The number of likely N-dealkylation sites (N-methyl/N-ethyl adjacent to an activating group) is 1. The van der Waals surface area contributed by atoms with Gasteiger partial charge in [-0.15, -0.1) is 0 Å². The van der Waals surface area contributed by atoms with E-state index in [1.165, 1.54) is 13.2 Å². The van der Waals surface area contributed by atoms with Crippen LogP contribution in [0.1, 0.15) is 29.0 Å². The van der Waals surface area contributed by atoms with Crippen LogP contribution in [0.5, 0.6) is 11.5 Å². The van der Waals surface area contributed by atoms with E-state index in [1.807, 2.05) is 24.3 Å². The summed E-state index contributed by atoms with van der Waals surface area (Å²) in [5, 5.41) is 7.80. The summed E-state index contributed by atoms with van der Waals surface area (Å²) in [5.41, 5.74) is 9.90. The van der Waals surface area contributed by atoms with Crippen LogP contribution in [-0.4, -0.2) is 42.0 Å². The van der Waals surface area contributed by atoms with Crippen molar-refractivity contribution >= 4 is 17.4 Å². The van der Waals surface area contributed by atoms with Gasteiger partial charge < -0.3 is 15.2 Å². The molecular formula is C26H23FN4O3. The summed E-state index contributed by atoms with van der Waals surface area (Å²) >= 11 is 0. The minimum absolute atomic E-state index is 0.323. The Balaban J connectivity index is 1.67. The highest BCUT2D eigenvalue weighted by atomic mass is 19.1. The molecule has 3 heterocycles. The van der Waals surface area contributed by atoms with Gasteiger partial charge in [-0.1, -0.05) is 18.2 Å². The Bertz CT molecular complexity index is 1340. The topological polar surface area (TPSA) is 102 Å². The van der Waals surface area contributed by atoms with Crippen LogP contribution in [-0.2, 0) is 9.53 Å². The maximum absolute atomic E-state index is 14.4. The average Bonchev–Trinajstić information content (AvgIpc) is 2.86. The highest BCUT2D eigenvalue weighted by Crippen LogP contribution is 2.47. The minimum Gasteiger partial charge on any atom is -0.457 e. The van der Waals surface area contributed by atoms with Crippen molar-refractivity contribution in [1.29, 1.82) is 5.41 Å². The summed E-state index contributed by atoms with van der Waals surface area (Å²) in [6.45, 7) is 1.18. The summed E-state index contributed by atoms with van der Waals surface area (Å²) < 4.78 is 26.0. The number of halogens is 1. The first-order chi connectivity index (χ1) is 16.4. The number of carbonyl (C=O) groups excluding carboxylic acids is 1. The van der Waals surface area contributed by atoms with Crippen LogP contribution in [0, 0.1) is 11.4 Å². The molecule has 3 aromatic rings. The van der Waals surface area contributed by atoms with E-state index in [1.54, 1.807) is 30.3 Å². The molecule has 1 amide bonds. The number of carbonyl (C=O) groups is 1. The predicted molar refractivity (Wildman–Crippen MR) is 126 cm³/mol. The minimum atomic E-state index is -0.785. The van der Waals surface area contributed by atoms with Crippen LogP contribution in [0.3, 0.4) is 0 Å². The number of aromatic nitrogens is 1.